The summed E-state index contributed by atoms with van der Waals surface area (Å²) in [5, 5.41) is 3.56. The van der Waals surface area contributed by atoms with E-state index < -0.39 is 0 Å². The summed E-state index contributed by atoms with van der Waals surface area (Å²) >= 11 is 1.50. The van der Waals surface area contributed by atoms with Crippen molar-refractivity contribution < 1.29 is 9.59 Å². The molecule has 1 N–H and O–H groups in total. The number of para-hydroxylation sites is 1. The molecule has 0 saturated carbocycles. The van der Waals surface area contributed by atoms with Crippen molar-refractivity contribution in [3.63, 3.8) is 0 Å². The first-order chi connectivity index (χ1) is 14.0. The molecule has 2 amide bonds. The molecule has 4 rings (SSSR count). The summed E-state index contributed by atoms with van der Waals surface area (Å²) in [6.45, 7) is 6.53. The van der Waals surface area contributed by atoms with Gasteiger partial charge in [-0.25, -0.2) is 4.98 Å². The van der Waals surface area contributed by atoms with Gasteiger partial charge in [0.1, 0.15) is 0 Å². The Morgan fingerprint density at radius 2 is 2.03 bits per heavy atom. The molecule has 0 radical (unpaired) electrons. The predicted octanol–water partition coefficient (Wildman–Crippen LogP) is 3.39. The lowest BCUT2D eigenvalue weighted by Gasteiger charge is -2.36. The molecule has 29 heavy (non-hydrogen) atoms. The molecule has 0 spiro atoms. The smallest absolute Gasteiger partial charge is 0.240 e. The van der Waals surface area contributed by atoms with Crippen LogP contribution < -0.4 is 10.2 Å². The van der Waals surface area contributed by atoms with E-state index in [-0.39, 0.29) is 17.7 Å². The van der Waals surface area contributed by atoms with Gasteiger partial charge in [0, 0.05) is 23.7 Å². The second-order valence-electron chi connectivity index (χ2n) is 8.01. The minimum absolute atomic E-state index is 0.0490. The number of carbonyl (C=O) groups is 2. The molecule has 0 bridgehead atoms. The second kappa shape index (κ2) is 8.63. The zero-order valence-corrected chi connectivity index (χ0v) is 17.9. The van der Waals surface area contributed by atoms with Gasteiger partial charge in [0.2, 0.25) is 11.8 Å². The maximum Gasteiger partial charge on any atom is 0.240 e. The van der Waals surface area contributed by atoms with Crippen LogP contribution in [0.25, 0.3) is 0 Å². The summed E-state index contributed by atoms with van der Waals surface area (Å²) in [6.07, 6.45) is 3.87. The molecule has 1 saturated heterocycles. The molecule has 1 aromatic heterocycles. The van der Waals surface area contributed by atoms with E-state index >= 15 is 0 Å². The lowest BCUT2D eigenvalue weighted by atomic mass is 9.94. The SMILES string of the molecule is Cc1nc(NC(=O)CN2CCCC(C(=O)N3CCCc4ccccc43)C2)sc1C. The number of nitrogens with zero attached hydrogens (tertiary/aromatic N) is 3. The van der Waals surface area contributed by atoms with Crippen LogP contribution in [0.1, 0.15) is 35.4 Å². The van der Waals surface area contributed by atoms with Crippen LogP contribution in [0, 0.1) is 19.8 Å². The van der Waals surface area contributed by atoms with Crippen LogP contribution in [0.3, 0.4) is 0 Å². The third kappa shape index (κ3) is 4.51. The summed E-state index contributed by atoms with van der Waals surface area (Å²) in [5.74, 6) is 0.0932. The monoisotopic (exact) mass is 412 g/mol. The Bertz CT molecular complexity index is 890. The van der Waals surface area contributed by atoms with Gasteiger partial charge in [-0.15, -0.1) is 11.3 Å². The molecule has 1 unspecified atom stereocenters. The standard InChI is InChI=1S/C22H28N4O2S/c1-15-16(2)29-22(23-15)24-20(27)14-25-11-5-9-18(13-25)21(28)26-12-6-8-17-7-3-4-10-19(17)26/h3-4,7,10,18H,5-6,8-9,11-14H2,1-2H3,(H,23,24,27). The zero-order valence-electron chi connectivity index (χ0n) is 17.1. The highest BCUT2D eigenvalue weighted by atomic mass is 32.1. The van der Waals surface area contributed by atoms with Crippen molar-refractivity contribution in [1.82, 2.24) is 9.88 Å². The number of thiazole rings is 1. The lowest BCUT2D eigenvalue weighted by Crippen LogP contribution is -2.48. The lowest BCUT2D eigenvalue weighted by molar-refractivity contribution is -0.125. The minimum atomic E-state index is -0.0600. The molecule has 7 heteroatoms. The van der Waals surface area contributed by atoms with Crippen molar-refractivity contribution in [3.05, 3.63) is 40.4 Å². The van der Waals surface area contributed by atoms with Crippen LogP contribution in [0.4, 0.5) is 10.8 Å². The molecular formula is C22H28N4O2S. The summed E-state index contributed by atoms with van der Waals surface area (Å²) in [4.78, 5) is 35.3. The van der Waals surface area contributed by atoms with Gasteiger partial charge in [-0.2, -0.15) is 0 Å². The maximum atomic E-state index is 13.3. The fourth-order valence-corrected chi connectivity index (χ4v) is 5.10. The molecule has 6 nitrogen and oxygen atoms in total. The highest BCUT2D eigenvalue weighted by molar-refractivity contribution is 7.15. The van der Waals surface area contributed by atoms with E-state index in [1.807, 2.05) is 30.9 Å². The zero-order chi connectivity index (χ0) is 20.4. The fourth-order valence-electron chi connectivity index (χ4n) is 4.27. The topological polar surface area (TPSA) is 65.5 Å². The summed E-state index contributed by atoms with van der Waals surface area (Å²) in [5.41, 5.74) is 3.28. The molecule has 1 aromatic carbocycles. The van der Waals surface area contributed by atoms with Gasteiger partial charge in [-0.1, -0.05) is 18.2 Å². The largest absolute Gasteiger partial charge is 0.312 e. The summed E-state index contributed by atoms with van der Waals surface area (Å²) < 4.78 is 0. The molecular weight excluding hydrogens is 384 g/mol. The van der Waals surface area contributed by atoms with Crippen molar-refractivity contribution in [2.24, 2.45) is 5.92 Å². The van der Waals surface area contributed by atoms with E-state index in [9.17, 15) is 9.59 Å². The van der Waals surface area contributed by atoms with Gasteiger partial charge in [0.05, 0.1) is 18.2 Å². The molecule has 3 heterocycles. The van der Waals surface area contributed by atoms with Crippen molar-refractivity contribution in [1.29, 1.82) is 0 Å². The molecule has 154 valence electrons. The van der Waals surface area contributed by atoms with Crippen LogP contribution in [0.15, 0.2) is 24.3 Å². The van der Waals surface area contributed by atoms with Crippen LogP contribution in [0.5, 0.6) is 0 Å². The minimum Gasteiger partial charge on any atom is -0.312 e. The van der Waals surface area contributed by atoms with Gasteiger partial charge >= 0.3 is 0 Å². The maximum absolute atomic E-state index is 13.3. The Labute approximate surface area is 175 Å². The molecule has 2 aliphatic heterocycles. The van der Waals surface area contributed by atoms with E-state index in [0.29, 0.717) is 18.2 Å². The van der Waals surface area contributed by atoms with Gasteiger partial charge in [0.25, 0.3) is 0 Å². The number of carbonyl (C=O) groups excluding carboxylic acids is 2. The fraction of sp³-hybridized carbons (Fsp3) is 0.500. The first kappa shape index (κ1) is 20.0. The molecule has 2 aromatic rings. The first-order valence-corrected chi connectivity index (χ1v) is 11.2. The van der Waals surface area contributed by atoms with Gasteiger partial charge < -0.3 is 10.2 Å². The number of likely N-dealkylation sites (tertiary alicyclic amines) is 1. The van der Waals surface area contributed by atoms with E-state index in [0.717, 1.165) is 55.0 Å². The number of aryl methyl sites for hydroxylation is 3. The van der Waals surface area contributed by atoms with Gasteiger partial charge in [-0.3, -0.25) is 14.5 Å². The Balaban J connectivity index is 1.37. The van der Waals surface area contributed by atoms with Crippen molar-refractivity contribution >= 4 is 34.0 Å². The third-order valence-corrected chi connectivity index (χ3v) is 6.86. The van der Waals surface area contributed by atoms with Crippen LogP contribution in [0.2, 0.25) is 0 Å². The van der Waals surface area contributed by atoms with Gasteiger partial charge in [-0.05, 0) is 57.7 Å². The number of aromatic nitrogens is 1. The molecule has 0 aliphatic carbocycles. The Hall–Kier alpha value is -2.25. The van der Waals surface area contributed by atoms with E-state index in [1.54, 1.807) is 0 Å². The number of fused-ring (bicyclic) bond motifs is 1. The summed E-state index contributed by atoms with van der Waals surface area (Å²) in [7, 11) is 0. The number of benzene rings is 1. The number of rotatable bonds is 4. The van der Waals surface area contributed by atoms with Crippen LogP contribution >= 0.6 is 11.3 Å². The van der Waals surface area contributed by atoms with E-state index in [1.165, 1.54) is 16.9 Å². The van der Waals surface area contributed by atoms with Gasteiger partial charge in [0.15, 0.2) is 5.13 Å². The van der Waals surface area contributed by atoms with Crippen LogP contribution in [-0.2, 0) is 16.0 Å². The Kier molecular flexibility index (Phi) is 5.96. The first-order valence-electron chi connectivity index (χ1n) is 10.4. The highest BCUT2D eigenvalue weighted by Crippen LogP contribution is 2.30. The Morgan fingerprint density at radius 3 is 2.83 bits per heavy atom. The highest BCUT2D eigenvalue weighted by Gasteiger charge is 2.32. The molecule has 2 aliphatic rings. The Morgan fingerprint density at radius 1 is 1.21 bits per heavy atom. The number of anilines is 2. The van der Waals surface area contributed by atoms with Crippen molar-refractivity contribution in [2.45, 2.75) is 39.5 Å². The average Bonchev–Trinajstić information content (AvgIpc) is 3.03. The van der Waals surface area contributed by atoms with E-state index in [4.69, 9.17) is 0 Å². The van der Waals surface area contributed by atoms with Crippen molar-refractivity contribution in [2.75, 3.05) is 36.4 Å². The number of nitrogens with one attached hydrogen (secondary N) is 1. The average molecular weight is 413 g/mol. The summed E-state index contributed by atoms with van der Waals surface area (Å²) in [6, 6.07) is 8.22. The second-order valence-corrected chi connectivity index (χ2v) is 9.21. The van der Waals surface area contributed by atoms with Crippen molar-refractivity contribution in [3.8, 4) is 0 Å². The number of piperidine rings is 1. The number of amides is 2. The number of hydrogen-bond donors (Lipinski definition) is 1. The number of hydrogen-bond acceptors (Lipinski definition) is 5. The quantitative estimate of drug-likeness (QED) is 0.836. The van der Waals surface area contributed by atoms with E-state index in [2.05, 4.69) is 27.3 Å². The normalized spacial score (nSPS) is 19.7. The molecule has 1 atom stereocenters. The third-order valence-electron chi connectivity index (χ3n) is 5.87. The predicted molar refractivity (Wildman–Crippen MR) is 116 cm³/mol. The molecule has 1 fully saturated rings. The van der Waals surface area contributed by atoms with Crippen LogP contribution in [-0.4, -0.2) is 47.9 Å².